The van der Waals surface area contributed by atoms with Gasteiger partial charge in [0.15, 0.2) is 11.4 Å². The van der Waals surface area contributed by atoms with E-state index < -0.39 is 11.8 Å². The molecule has 0 saturated heterocycles. The highest BCUT2D eigenvalue weighted by Crippen LogP contribution is 2.34. The van der Waals surface area contributed by atoms with E-state index in [9.17, 15) is 4.79 Å². The van der Waals surface area contributed by atoms with Crippen LogP contribution in [0.3, 0.4) is 0 Å². The van der Waals surface area contributed by atoms with Crippen LogP contribution in [0, 0.1) is 12.3 Å². The van der Waals surface area contributed by atoms with Gasteiger partial charge in [-0.1, -0.05) is 40.7 Å². The predicted octanol–water partition coefficient (Wildman–Crippen LogP) is 4.57. The van der Waals surface area contributed by atoms with Crippen molar-refractivity contribution in [3.05, 3.63) is 27.2 Å². The molecule has 0 unspecified atom stereocenters. The van der Waals surface area contributed by atoms with E-state index in [1.165, 1.54) is 12.1 Å². The Labute approximate surface area is 120 Å². The molecule has 0 amide bonds. The number of carbonyl (C=O) groups is 1. The first-order chi connectivity index (χ1) is 8.25. The van der Waals surface area contributed by atoms with Crippen molar-refractivity contribution in [2.24, 2.45) is 0 Å². The third kappa shape index (κ3) is 3.99. The molecule has 0 aliphatic rings. The highest BCUT2D eigenvalue weighted by atomic mass is 35.5. The second kappa shape index (κ2) is 5.71. The lowest BCUT2D eigenvalue weighted by atomic mass is 10.2. The van der Waals surface area contributed by atoms with Gasteiger partial charge in [0.25, 0.3) is 0 Å². The second-order valence-electron chi connectivity index (χ2n) is 3.81. The van der Waals surface area contributed by atoms with E-state index >= 15 is 0 Å². The summed E-state index contributed by atoms with van der Waals surface area (Å²) in [6.45, 7) is 3.09. The molecule has 0 aliphatic heterocycles. The number of terminal acetylenes is 1. The maximum Gasteiger partial charge on any atom is 0.515 e. The zero-order valence-electron chi connectivity index (χ0n) is 9.59. The molecule has 0 N–H and O–H groups in total. The van der Waals surface area contributed by atoms with Gasteiger partial charge >= 0.3 is 6.16 Å². The fourth-order valence-electron chi connectivity index (χ4n) is 0.931. The Morgan fingerprint density at radius 3 is 2.33 bits per heavy atom. The number of hydrogen-bond donors (Lipinski definition) is 0. The largest absolute Gasteiger partial charge is 0.515 e. The van der Waals surface area contributed by atoms with Gasteiger partial charge in [-0.2, -0.15) is 0 Å². The Bertz CT molecular complexity index is 518. The summed E-state index contributed by atoms with van der Waals surface area (Å²) in [5.41, 5.74) is -1.07. The normalized spacial score (nSPS) is 10.7. The molecule has 0 spiro atoms. The molecular formula is C12H9Cl3O3. The van der Waals surface area contributed by atoms with Gasteiger partial charge < -0.3 is 9.47 Å². The molecule has 1 aromatic rings. The summed E-state index contributed by atoms with van der Waals surface area (Å²) in [6.07, 6.45) is 4.20. The Hall–Kier alpha value is -1.08. The molecule has 0 aliphatic carbocycles. The smallest absolute Gasteiger partial charge is 0.415 e. The number of carbonyl (C=O) groups excluding carboxylic acids is 1. The van der Waals surface area contributed by atoms with Crippen LogP contribution in [0.4, 0.5) is 4.79 Å². The Balaban J connectivity index is 2.84. The van der Waals surface area contributed by atoms with Crippen LogP contribution in [0.5, 0.6) is 5.75 Å². The van der Waals surface area contributed by atoms with Crippen LogP contribution >= 0.6 is 34.8 Å². The Morgan fingerprint density at radius 1 is 1.22 bits per heavy atom. The molecule has 1 rings (SSSR count). The van der Waals surface area contributed by atoms with E-state index in [-0.39, 0.29) is 20.8 Å². The van der Waals surface area contributed by atoms with Crippen molar-refractivity contribution in [2.75, 3.05) is 0 Å². The topological polar surface area (TPSA) is 35.5 Å². The standard InChI is InChI=1S/C12H9Cl3O3/c1-4-12(2,3)18-11(16)17-10-6-8(14)7(13)5-9(10)15/h1,5-6H,2-3H3. The van der Waals surface area contributed by atoms with Crippen molar-refractivity contribution >= 4 is 41.0 Å². The molecule has 0 saturated carbocycles. The lowest BCUT2D eigenvalue weighted by molar-refractivity contribution is 0.0419. The first-order valence-electron chi connectivity index (χ1n) is 4.78. The summed E-state index contributed by atoms with van der Waals surface area (Å²) in [6, 6.07) is 2.68. The SMILES string of the molecule is C#CC(C)(C)OC(=O)Oc1cc(Cl)c(Cl)cc1Cl. The van der Waals surface area contributed by atoms with Crippen LogP contribution in [-0.4, -0.2) is 11.8 Å². The molecule has 3 nitrogen and oxygen atoms in total. The number of hydrogen-bond acceptors (Lipinski definition) is 3. The molecule has 0 bridgehead atoms. The lowest BCUT2D eigenvalue weighted by Gasteiger charge is -2.18. The van der Waals surface area contributed by atoms with Gasteiger partial charge in [-0.25, -0.2) is 4.79 Å². The van der Waals surface area contributed by atoms with E-state index in [1.54, 1.807) is 13.8 Å². The molecule has 0 radical (unpaired) electrons. The molecule has 0 atom stereocenters. The van der Waals surface area contributed by atoms with E-state index in [4.69, 9.17) is 50.7 Å². The van der Waals surface area contributed by atoms with Gasteiger partial charge in [0.05, 0.1) is 15.1 Å². The minimum Gasteiger partial charge on any atom is -0.415 e. The molecule has 0 heterocycles. The monoisotopic (exact) mass is 306 g/mol. The van der Waals surface area contributed by atoms with E-state index in [1.807, 2.05) is 0 Å². The van der Waals surface area contributed by atoms with Crippen molar-refractivity contribution < 1.29 is 14.3 Å². The molecular weight excluding hydrogens is 298 g/mol. The van der Waals surface area contributed by atoms with Gasteiger partial charge in [-0.15, -0.1) is 6.42 Å². The van der Waals surface area contributed by atoms with Crippen LogP contribution < -0.4 is 4.74 Å². The van der Waals surface area contributed by atoms with Crippen molar-refractivity contribution in [3.8, 4) is 18.1 Å². The zero-order valence-corrected chi connectivity index (χ0v) is 11.9. The minimum absolute atomic E-state index is 0.0453. The molecule has 18 heavy (non-hydrogen) atoms. The van der Waals surface area contributed by atoms with E-state index in [2.05, 4.69) is 5.92 Å². The van der Waals surface area contributed by atoms with Crippen molar-refractivity contribution in [2.45, 2.75) is 19.4 Å². The van der Waals surface area contributed by atoms with Crippen LogP contribution in [-0.2, 0) is 4.74 Å². The van der Waals surface area contributed by atoms with Gasteiger partial charge in [0.1, 0.15) is 0 Å². The van der Waals surface area contributed by atoms with Crippen LogP contribution in [0.1, 0.15) is 13.8 Å². The molecule has 0 fully saturated rings. The summed E-state index contributed by atoms with van der Waals surface area (Å²) in [5, 5.41) is 0.603. The van der Waals surface area contributed by atoms with Crippen LogP contribution in [0.25, 0.3) is 0 Å². The third-order valence-electron chi connectivity index (χ3n) is 1.85. The fourth-order valence-corrected chi connectivity index (χ4v) is 1.51. The van der Waals surface area contributed by atoms with Crippen molar-refractivity contribution in [3.63, 3.8) is 0 Å². The number of halogens is 3. The van der Waals surface area contributed by atoms with Gasteiger partial charge in [0.2, 0.25) is 0 Å². The maximum absolute atomic E-state index is 11.5. The van der Waals surface area contributed by atoms with E-state index in [0.29, 0.717) is 0 Å². The first kappa shape index (κ1) is 15.0. The van der Waals surface area contributed by atoms with Gasteiger partial charge in [-0.3, -0.25) is 0 Å². The van der Waals surface area contributed by atoms with Crippen molar-refractivity contribution in [1.29, 1.82) is 0 Å². The van der Waals surface area contributed by atoms with Crippen LogP contribution in [0.15, 0.2) is 12.1 Å². The summed E-state index contributed by atoms with van der Waals surface area (Å²) in [4.78, 5) is 11.5. The van der Waals surface area contributed by atoms with Crippen LogP contribution in [0.2, 0.25) is 15.1 Å². The summed E-state index contributed by atoms with van der Waals surface area (Å²) >= 11 is 17.3. The lowest BCUT2D eigenvalue weighted by Crippen LogP contribution is -2.27. The molecule has 96 valence electrons. The number of ether oxygens (including phenoxy) is 2. The highest BCUT2D eigenvalue weighted by Gasteiger charge is 2.22. The minimum atomic E-state index is -1.07. The summed E-state index contributed by atoms with van der Waals surface area (Å²) < 4.78 is 9.77. The average molecular weight is 308 g/mol. The zero-order chi connectivity index (χ0) is 13.9. The molecule has 0 aromatic heterocycles. The Morgan fingerprint density at radius 2 is 1.78 bits per heavy atom. The number of rotatable bonds is 2. The maximum atomic E-state index is 11.5. The second-order valence-corrected chi connectivity index (χ2v) is 5.03. The van der Waals surface area contributed by atoms with E-state index in [0.717, 1.165) is 0 Å². The first-order valence-corrected chi connectivity index (χ1v) is 5.91. The quantitative estimate of drug-likeness (QED) is 0.347. The van der Waals surface area contributed by atoms with Crippen molar-refractivity contribution in [1.82, 2.24) is 0 Å². The fraction of sp³-hybridized carbons (Fsp3) is 0.250. The number of benzene rings is 1. The molecule has 1 aromatic carbocycles. The van der Waals surface area contributed by atoms with Gasteiger partial charge in [-0.05, 0) is 19.9 Å². The van der Waals surface area contributed by atoms with Gasteiger partial charge in [0, 0.05) is 6.07 Å². The molecule has 6 heteroatoms. The summed E-state index contributed by atoms with van der Waals surface area (Å²) in [7, 11) is 0. The summed E-state index contributed by atoms with van der Waals surface area (Å²) in [5.74, 6) is 2.34. The third-order valence-corrected chi connectivity index (χ3v) is 2.87. The highest BCUT2D eigenvalue weighted by molar-refractivity contribution is 6.43. The Kier molecular flexibility index (Phi) is 4.75. The predicted molar refractivity (Wildman–Crippen MR) is 71.5 cm³/mol. The average Bonchev–Trinajstić information content (AvgIpc) is 2.25.